The maximum absolute atomic E-state index is 6.07. The van der Waals surface area contributed by atoms with Gasteiger partial charge < -0.3 is 20.4 Å². The van der Waals surface area contributed by atoms with Crippen LogP contribution in [0, 0.1) is 0 Å². The third-order valence-corrected chi connectivity index (χ3v) is 5.74. The lowest BCUT2D eigenvalue weighted by molar-refractivity contribution is -1.02. The first kappa shape index (κ1) is 20.1. The number of thiocarbonyl (C=S) groups is 1. The number of quaternary nitrogens is 2. The topological polar surface area (TPSA) is 32.9 Å². The number of benzene rings is 2. The van der Waals surface area contributed by atoms with Crippen LogP contribution >= 0.6 is 23.8 Å². The fourth-order valence-corrected chi connectivity index (χ4v) is 4.36. The van der Waals surface area contributed by atoms with Gasteiger partial charge in [0.25, 0.3) is 0 Å². The molecule has 0 saturated carbocycles. The fraction of sp³-hybridized carbons (Fsp3) is 0.381. The summed E-state index contributed by atoms with van der Waals surface area (Å²) in [6.45, 7) is 6.98. The lowest BCUT2D eigenvalue weighted by Crippen LogP contribution is -3.27. The Morgan fingerprint density at radius 1 is 1.04 bits per heavy atom. The van der Waals surface area contributed by atoms with E-state index in [2.05, 4.69) is 54.9 Å². The molecule has 3 rings (SSSR count). The van der Waals surface area contributed by atoms with Gasteiger partial charge in [0.15, 0.2) is 5.11 Å². The molecule has 144 valence electrons. The lowest BCUT2D eigenvalue weighted by atomic mass is 9.98. The highest BCUT2D eigenvalue weighted by molar-refractivity contribution is 7.80. The van der Waals surface area contributed by atoms with Crippen LogP contribution in [0.15, 0.2) is 54.6 Å². The third-order valence-electron chi connectivity index (χ3n) is 5.29. The van der Waals surface area contributed by atoms with Gasteiger partial charge in [0.1, 0.15) is 32.2 Å². The largest absolute Gasteiger partial charge is 0.354 e. The fourth-order valence-electron chi connectivity index (χ4n) is 3.87. The monoisotopic (exact) mass is 404 g/mol. The molecule has 0 spiro atoms. The number of rotatable bonds is 5. The Morgan fingerprint density at radius 2 is 1.74 bits per heavy atom. The summed E-state index contributed by atoms with van der Waals surface area (Å²) in [4.78, 5) is 3.24. The quantitative estimate of drug-likeness (QED) is 0.565. The van der Waals surface area contributed by atoms with Crippen LogP contribution in [-0.4, -0.2) is 44.4 Å². The Bertz CT molecular complexity index is 747. The Morgan fingerprint density at radius 3 is 2.41 bits per heavy atom. The Balaban J connectivity index is 1.70. The first-order valence-corrected chi connectivity index (χ1v) is 10.4. The zero-order valence-electron chi connectivity index (χ0n) is 16.0. The van der Waals surface area contributed by atoms with Crippen molar-refractivity contribution in [3.05, 3.63) is 65.2 Å². The molecular weight excluding hydrogens is 376 g/mol. The van der Waals surface area contributed by atoms with E-state index < -0.39 is 0 Å². The molecule has 0 aromatic heterocycles. The van der Waals surface area contributed by atoms with E-state index in [9.17, 15) is 0 Å². The number of anilines is 1. The maximum atomic E-state index is 6.07. The van der Waals surface area contributed by atoms with Crippen molar-refractivity contribution in [2.24, 2.45) is 0 Å². The minimum atomic E-state index is 0.208. The van der Waals surface area contributed by atoms with Crippen LogP contribution in [0.3, 0.4) is 0 Å². The summed E-state index contributed by atoms with van der Waals surface area (Å²) in [6.07, 6.45) is 0. The van der Waals surface area contributed by atoms with Crippen molar-refractivity contribution in [3.63, 3.8) is 0 Å². The molecular formula is C21H29ClN4S+2. The Hall–Kier alpha value is -1.66. The van der Waals surface area contributed by atoms with Crippen LogP contribution in [0.25, 0.3) is 0 Å². The zero-order chi connectivity index (χ0) is 19.2. The standard InChI is InChI=1S/C21H27ClN4S/c1-16(23-21(27)24-19-10-6-9-18(22)15-19)20(17-7-4-3-5-8-17)26-13-11-25(2)12-14-26/h3-10,15-16,20H,11-14H2,1-2H3,(H2,23,24,27)/p+2/t16-,20+/m1/s1. The van der Waals surface area contributed by atoms with Crippen molar-refractivity contribution in [2.75, 3.05) is 38.5 Å². The van der Waals surface area contributed by atoms with E-state index in [0.29, 0.717) is 16.2 Å². The number of nitrogens with one attached hydrogen (secondary N) is 4. The van der Waals surface area contributed by atoms with Crippen molar-refractivity contribution >= 4 is 34.6 Å². The van der Waals surface area contributed by atoms with Crippen LogP contribution in [0.5, 0.6) is 0 Å². The molecule has 1 fully saturated rings. The molecule has 1 aliphatic heterocycles. The molecule has 1 saturated heterocycles. The zero-order valence-corrected chi connectivity index (χ0v) is 17.5. The van der Waals surface area contributed by atoms with Crippen LogP contribution in [0.2, 0.25) is 5.02 Å². The molecule has 0 radical (unpaired) electrons. The SMILES string of the molecule is C[C@@H](NC(=S)Nc1cccc(Cl)c1)[C@@H](c1ccccc1)[NH+]1CC[NH+](C)CC1. The van der Waals surface area contributed by atoms with Gasteiger partial charge in [-0.25, -0.2) is 0 Å². The van der Waals surface area contributed by atoms with Gasteiger partial charge in [0, 0.05) is 16.3 Å². The molecule has 4 nitrogen and oxygen atoms in total. The second-order valence-electron chi connectivity index (χ2n) is 7.40. The summed E-state index contributed by atoms with van der Waals surface area (Å²) in [5.74, 6) is 0. The highest BCUT2D eigenvalue weighted by atomic mass is 35.5. The first-order chi connectivity index (χ1) is 13.0. The summed E-state index contributed by atoms with van der Waals surface area (Å²) >= 11 is 11.6. The van der Waals surface area contributed by atoms with Gasteiger partial charge in [-0.3, -0.25) is 0 Å². The summed E-state index contributed by atoms with van der Waals surface area (Å²) in [5, 5.41) is 8.08. The molecule has 4 N–H and O–H groups in total. The first-order valence-electron chi connectivity index (χ1n) is 9.57. The minimum Gasteiger partial charge on any atom is -0.354 e. The van der Waals surface area contributed by atoms with E-state index >= 15 is 0 Å². The summed E-state index contributed by atoms with van der Waals surface area (Å²) in [5.41, 5.74) is 2.26. The van der Waals surface area contributed by atoms with E-state index in [4.69, 9.17) is 23.8 Å². The van der Waals surface area contributed by atoms with Gasteiger partial charge >= 0.3 is 0 Å². The molecule has 1 heterocycles. The van der Waals surface area contributed by atoms with Crippen LogP contribution in [-0.2, 0) is 0 Å². The molecule has 27 heavy (non-hydrogen) atoms. The Labute approximate surface area is 172 Å². The smallest absolute Gasteiger partial charge is 0.171 e. The second kappa shape index (κ2) is 9.51. The number of likely N-dealkylation sites (N-methyl/N-ethyl adjacent to an activating group) is 1. The summed E-state index contributed by atoms with van der Waals surface area (Å²) in [7, 11) is 2.28. The molecule has 2 aromatic carbocycles. The van der Waals surface area contributed by atoms with Gasteiger partial charge in [-0.05, 0) is 37.3 Å². The van der Waals surface area contributed by atoms with Crippen molar-refractivity contribution in [1.29, 1.82) is 0 Å². The maximum Gasteiger partial charge on any atom is 0.171 e. The van der Waals surface area contributed by atoms with Crippen molar-refractivity contribution in [2.45, 2.75) is 19.0 Å². The molecule has 6 heteroatoms. The van der Waals surface area contributed by atoms with E-state index in [1.165, 1.54) is 31.7 Å². The lowest BCUT2D eigenvalue weighted by Gasteiger charge is -2.37. The van der Waals surface area contributed by atoms with Gasteiger partial charge in [0.2, 0.25) is 0 Å². The number of piperazine rings is 1. The number of hydrogen-bond donors (Lipinski definition) is 4. The van der Waals surface area contributed by atoms with E-state index in [1.54, 1.807) is 9.80 Å². The third kappa shape index (κ3) is 5.66. The van der Waals surface area contributed by atoms with E-state index in [0.717, 1.165) is 5.69 Å². The Kier molecular flexibility index (Phi) is 7.07. The van der Waals surface area contributed by atoms with Gasteiger partial charge in [0.05, 0.1) is 13.1 Å². The molecule has 2 aromatic rings. The van der Waals surface area contributed by atoms with Gasteiger partial charge in [-0.2, -0.15) is 0 Å². The van der Waals surface area contributed by atoms with E-state index in [-0.39, 0.29) is 6.04 Å². The average Bonchev–Trinajstić information content (AvgIpc) is 2.64. The van der Waals surface area contributed by atoms with E-state index in [1.807, 2.05) is 24.3 Å². The van der Waals surface area contributed by atoms with Crippen molar-refractivity contribution in [1.82, 2.24) is 5.32 Å². The number of hydrogen-bond acceptors (Lipinski definition) is 1. The normalized spacial score (nSPS) is 21.9. The predicted molar refractivity (Wildman–Crippen MR) is 117 cm³/mol. The average molecular weight is 405 g/mol. The minimum absolute atomic E-state index is 0.208. The van der Waals surface area contributed by atoms with Gasteiger partial charge in [-0.1, -0.05) is 48.0 Å². The second-order valence-corrected chi connectivity index (χ2v) is 8.25. The van der Waals surface area contributed by atoms with Crippen LogP contribution in [0.4, 0.5) is 5.69 Å². The van der Waals surface area contributed by atoms with Gasteiger partial charge in [-0.15, -0.1) is 0 Å². The molecule has 2 atom stereocenters. The van der Waals surface area contributed by atoms with Crippen molar-refractivity contribution < 1.29 is 9.80 Å². The summed E-state index contributed by atoms with van der Waals surface area (Å²) < 4.78 is 0. The highest BCUT2D eigenvalue weighted by Gasteiger charge is 2.33. The van der Waals surface area contributed by atoms with Crippen LogP contribution < -0.4 is 20.4 Å². The number of halogens is 1. The molecule has 0 aliphatic carbocycles. The molecule has 0 unspecified atom stereocenters. The van der Waals surface area contributed by atoms with Crippen molar-refractivity contribution in [3.8, 4) is 0 Å². The summed E-state index contributed by atoms with van der Waals surface area (Å²) in [6, 6.07) is 19.0. The molecule has 0 bridgehead atoms. The highest BCUT2D eigenvalue weighted by Crippen LogP contribution is 2.16. The van der Waals surface area contributed by atoms with Crippen LogP contribution in [0.1, 0.15) is 18.5 Å². The molecule has 1 aliphatic rings. The molecule has 0 amide bonds. The predicted octanol–water partition coefficient (Wildman–Crippen LogP) is 1.17.